The molecule has 0 aliphatic carbocycles. The standard InChI is InChI=1S/C14H23N3O3/c1-5-11-15-10(2)12(20-11)13(18)17-7-6-14(19,9-17)8-16(3)4/h19H,5-9H2,1-4H3/t14-/m1/s1. The number of aromatic nitrogens is 1. The van der Waals surface area contributed by atoms with Gasteiger partial charge in [0.05, 0.1) is 17.8 Å². The third-order valence-corrected chi connectivity index (χ3v) is 3.57. The summed E-state index contributed by atoms with van der Waals surface area (Å²) in [5.41, 5.74) is -0.212. The lowest BCUT2D eigenvalue weighted by molar-refractivity contribution is 0.0231. The van der Waals surface area contributed by atoms with E-state index >= 15 is 0 Å². The molecule has 1 fully saturated rings. The Morgan fingerprint density at radius 1 is 1.55 bits per heavy atom. The number of rotatable bonds is 4. The van der Waals surface area contributed by atoms with Gasteiger partial charge in [-0.25, -0.2) is 4.98 Å². The fraction of sp³-hybridized carbons (Fsp3) is 0.714. The van der Waals surface area contributed by atoms with Crippen LogP contribution in [-0.4, -0.2) is 65.1 Å². The summed E-state index contributed by atoms with van der Waals surface area (Å²) in [6, 6.07) is 0. The van der Waals surface area contributed by atoms with Gasteiger partial charge in [0.25, 0.3) is 5.91 Å². The predicted molar refractivity (Wildman–Crippen MR) is 74.6 cm³/mol. The number of likely N-dealkylation sites (tertiary alicyclic amines) is 1. The van der Waals surface area contributed by atoms with Gasteiger partial charge >= 0.3 is 0 Å². The highest BCUT2D eigenvalue weighted by molar-refractivity contribution is 5.92. The van der Waals surface area contributed by atoms with Crippen LogP contribution in [0.2, 0.25) is 0 Å². The first kappa shape index (κ1) is 15.0. The average Bonchev–Trinajstić information content (AvgIpc) is 2.91. The van der Waals surface area contributed by atoms with Crippen molar-refractivity contribution in [2.24, 2.45) is 0 Å². The number of nitrogens with zero attached hydrogens (tertiary/aromatic N) is 3. The molecule has 1 atom stereocenters. The summed E-state index contributed by atoms with van der Waals surface area (Å²) >= 11 is 0. The smallest absolute Gasteiger partial charge is 0.291 e. The first-order chi connectivity index (χ1) is 9.34. The van der Waals surface area contributed by atoms with Gasteiger partial charge in [-0.2, -0.15) is 0 Å². The van der Waals surface area contributed by atoms with Gasteiger partial charge in [-0.1, -0.05) is 6.92 Å². The van der Waals surface area contributed by atoms with Crippen molar-refractivity contribution in [2.75, 3.05) is 33.7 Å². The topological polar surface area (TPSA) is 69.8 Å². The van der Waals surface area contributed by atoms with Crippen LogP contribution in [0.1, 0.15) is 35.5 Å². The van der Waals surface area contributed by atoms with Crippen LogP contribution < -0.4 is 0 Å². The number of amides is 1. The van der Waals surface area contributed by atoms with E-state index in [0.717, 1.165) is 0 Å². The van der Waals surface area contributed by atoms with E-state index in [-0.39, 0.29) is 5.91 Å². The highest BCUT2D eigenvalue weighted by Gasteiger charge is 2.39. The number of carbonyl (C=O) groups excluding carboxylic acids is 1. The zero-order chi connectivity index (χ0) is 14.9. The van der Waals surface area contributed by atoms with Crippen LogP contribution in [0.15, 0.2) is 4.42 Å². The summed E-state index contributed by atoms with van der Waals surface area (Å²) in [5, 5.41) is 10.5. The lowest BCUT2D eigenvalue weighted by atomic mass is 10.0. The Morgan fingerprint density at radius 3 is 2.80 bits per heavy atom. The van der Waals surface area contributed by atoms with Gasteiger partial charge in [-0.15, -0.1) is 0 Å². The molecule has 0 radical (unpaired) electrons. The number of hydrogen-bond acceptors (Lipinski definition) is 5. The van der Waals surface area contributed by atoms with Crippen LogP contribution in [0.25, 0.3) is 0 Å². The number of aliphatic hydroxyl groups is 1. The zero-order valence-corrected chi connectivity index (χ0v) is 12.6. The summed E-state index contributed by atoms with van der Waals surface area (Å²) in [5.74, 6) is 0.703. The van der Waals surface area contributed by atoms with E-state index in [1.165, 1.54) is 0 Å². The van der Waals surface area contributed by atoms with E-state index < -0.39 is 5.60 Å². The molecule has 1 aromatic rings. The second-order valence-electron chi connectivity index (χ2n) is 5.81. The van der Waals surface area contributed by atoms with Gasteiger partial charge < -0.3 is 19.3 Å². The Morgan fingerprint density at radius 2 is 2.25 bits per heavy atom. The third kappa shape index (κ3) is 3.02. The number of aryl methyl sites for hydroxylation is 2. The summed E-state index contributed by atoms with van der Waals surface area (Å²) in [6.07, 6.45) is 1.25. The average molecular weight is 281 g/mol. The molecule has 20 heavy (non-hydrogen) atoms. The van der Waals surface area contributed by atoms with Crippen LogP contribution in [0.5, 0.6) is 0 Å². The van der Waals surface area contributed by atoms with Crippen LogP contribution in [0.4, 0.5) is 0 Å². The number of β-amino-alcohol motifs (C(OH)–C–C–N with tert-alkyl or cyclic N) is 1. The largest absolute Gasteiger partial charge is 0.435 e. The quantitative estimate of drug-likeness (QED) is 0.879. The molecule has 0 unspecified atom stereocenters. The highest BCUT2D eigenvalue weighted by Crippen LogP contribution is 2.24. The van der Waals surface area contributed by atoms with Crippen LogP contribution >= 0.6 is 0 Å². The van der Waals surface area contributed by atoms with E-state index in [2.05, 4.69) is 4.98 Å². The fourth-order valence-corrected chi connectivity index (χ4v) is 2.69. The maximum absolute atomic E-state index is 12.4. The van der Waals surface area contributed by atoms with Crippen LogP contribution in [-0.2, 0) is 6.42 Å². The molecule has 0 aromatic carbocycles. The Kier molecular flexibility index (Phi) is 4.15. The monoisotopic (exact) mass is 281 g/mol. The van der Waals surface area contributed by atoms with Crippen molar-refractivity contribution < 1.29 is 14.3 Å². The fourth-order valence-electron chi connectivity index (χ4n) is 2.69. The molecule has 6 heteroatoms. The second-order valence-corrected chi connectivity index (χ2v) is 5.81. The number of hydrogen-bond donors (Lipinski definition) is 1. The maximum atomic E-state index is 12.4. The van der Waals surface area contributed by atoms with Gasteiger partial charge in [0.2, 0.25) is 5.76 Å². The van der Waals surface area contributed by atoms with E-state index in [4.69, 9.17) is 4.42 Å². The number of carbonyl (C=O) groups is 1. The molecular formula is C14H23N3O3. The number of oxazole rings is 1. The molecule has 6 nitrogen and oxygen atoms in total. The molecule has 2 rings (SSSR count). The van der Waals surface area contributed by atoms with Gasteiger partial charge in [0.15, 0.2) is 5.89 Å². The summed E-state index contributed by atoms with van der Waals surface area (Å²) in [4.78, 5) is 20.2. The zero-order valence-electron chi connectivity index (χ0n) is 12.6. The SMILES string of the molecule is CCc1nc(C)c(C(=O)N2CC[C@@](O)(CN(C)C)C2)o1. The van der Waals surface area contributed by atoms with Gasteiger partial charge in [-0.3, -0.25) is 4.79 Å². The van der Waals surface area contributed by atoms with Crippen molar-refractivity contribution in [1.82, 2.24) is 14.8 Å². The Hall–Kier alpha value is -1.40. The minimum absolute atomic E-state index is 0.176. The van der Waals surface area contributed by atoms with Crippen molar-refractivity contribution >= 4 is 5.91 Å². The Balaban J connectivity index is 2.09. The predicted octanol–water partition coefficient (Wildman–Crippen LogP) is 0.684. The van der Waals surface area contributed by atoms with Crippen molar-refractivity contribution in [3.8, 4) is 0 Å². The molecule has 1 aliphatic rings. The van der Waals surface area contributed by atoms with E-state index in [1.54, 1.807) is 11.8 Å². The van der Waals surface area contributed by atoms with E-state index in [9.17, 15) is 9.90 Å². The Labute approximate surface area is 119 Å². The molecule has 0 saturated carbocycles. The summed E-state index contributed by atoms with van der Waals surface area (Å²) < 4.78 is 5.49. The summed E-state index contributed by atoms with van der Waals surface area (Å²) in [6.45, 7) is 5.14. The molecule has 1 N–H and O–H groups in total. The first-order valence-electron chi connectivity index (χ1n) is 6.97. The van der Waals surface area contributed by atoms with Gasteiger partial charge in [-0.05, 0) is 27.4 Å². The third-order valence-electron chi connectivity index (χ3n) is 3.57. The van der Waals surface area contributed by atoms with Gasteiger partial charge in [0.1, 0.15) is 0 Å². The maximum Gasteiger partial charge on any atom is 0.291 e. The minimum Gasteiger partial charge on any atom is -0.435 e. The summed E-state index contributed by atoms with van der Waals surface area (Å²) in [7, 11) is 3.83. The lowest BCUT2D eigenvalue weighted by Crippen LogP contribution is -2.43. The molecule has 1 amide bonds. The lowest BCUT2D eigenvalue weighted by Gasteiger charge is -2.26. The highest BCUT2D eigenvalue weighted by atomic mass is 16.4. The molecule has 1 aromatic heterocycles. The molecule has 0 bridgehead atoms. The second kappa shape index (κ2) is 5.54. The van der Waals surface area contributed by atoms with Crippen molar-refractivity contribution in [2.45, 2.75) is 32.3 Å². The van der Waals surface area contributed by atoms with E-state index in [0.29, 0.717) is 49.8 Å². The molecule has 1 aliphatic heterocycles. The molecule has 112 valence electrons. The Bertz CT molecular complexity index is 498. The molecule has 0 spiro atoms. The van der Waals surface area contributed by atoms with E-state index in [1.807, 2.05) is 25.9 Å². The van der Waals surface area contributed by atoms with Gasteiger partial charge in [0, 0.05) is 19.5 Å². The van der Waals surface area contributed by atoms with Crippen molar-refractivity contribution in [1.29, 1.82) is 0 Å². The molecular weight excluding hydrogens is 258 g/mol. The van der Waals surface area contributed by atoms with Crippen LogP contribution in [0, 0.1) is 6.92 Å². The van der Waals surface area contributed by atoms with Crippen LogP contribution in [0.3, 0.4) is 0 Å². The minimum atomic E-state index is -0.833. The molecule has 1 saturated heterocycles. The first-order valence-corrected chi connectivity index (χ1v) is 6.97. The van der Waals surface area contributed by atoms with Crippen molar-refractivity contribution in [3.63, 3.8) is 0 Å². The molecule has 2 heterocycles. The normalized spacial score (nSPS) is 22.8. The number of likely N-dealkylation sites (N-methyl/N-ethyl adjacent to an activating group) is 1. The van der Waals surface area contributed by atoms with Crippen molar-refractivity contribution in [3.05, 3.63) is 17.3 Å².